The van der Waals surface area contributed by atoms with Crippen molar-refractivity contribution in [2.45, 2.75) is 0 Å². The Morgan fingerprint density at radius 1 is 1.67 bits per heavy atom. The third-order valence-electron chi connectivity index (χ3n) is 0.329. The molecule has 0 aliphatic heterocycles. The predicted octanol–water partition coefficient (Wildman–Crippen LogP) is 2.15. The summed E-state index contributed by atoms with van der Waals surface area (Å²) in [6.07, 6.45) is 3.71. The highest BCUT2D eigenvalue weighted by Crippen LogP contribution is 2.20. The first-order chi connectivity index (χ1) is 2.91. The van der Waals surface area contributed by atoms with Crippen molar-refractivity contribution < 1.29 is 0 Å². The Balaban J connectivity index is 2.94. The highest BCUT2D eigenvalue weighted by atomic mass is 32.0. The van der Waals surface area contributed by atoms with Gasteiger partial charge in [0.15, 0.2) is 0 Å². The molecule has 0 N–H and O–H groups in total. The molecule has 0 heterocycles. The van der Waals surface area contributed by atoms with Crippen LogP contribution < -0.4 is 0 Å². The van der Waals surface area contributed by atoms with E-state index in [4.69, 9.17) is 0 Å². The summed E-state index contributed by atoms with van der Waals surface area (Å²) >= 11 is 0. The Bertz CT molecular complexity index is 56.6. The molecule has 0 aliphatic carbocycles. The zero-order valence-electron chi connectivity index (χ0n) is 3.52. The van der Waals surface area contributed by atoms with Crippen LogP contribution in [-0.4, -0.2) is 0 Å². The van der Waals surface area contributed by atoms with Gasteiger partial charge in [-0.2, -0.15) is 0 Å². The maximum atomic E-state index is 3.51. The second-order valence-electron chi connectivity index (χ2n) is 0.761. The highest BCUT2D eigenvalue weighted by molar-refractivity contribution is 8.04. The van der Waals surface area contributed by atoms with Crippen molar-refractivity contribution in [3.8, 4) is 0 Å². The van der Waals surface area contributed by atoms with Gasteiger partial charge in [-0.05, 0) is 0 Å². The van der Waals surface area contributed by atoms with E-state index >= 15 is 0 Å². The second kappa shape index (κ2) is 5.34. The van der Waals surface area contributed by atoms with Gasteiger partial charge in [0.2, 0.25) is 0 Å². The zero-order chi connectivity index (χ0) is 4.83. The van der Waals surface area contributed by atoms with Crippen LogP contribution in [0.1, 0.15) is 0 Å². The molecule has 0 saturated heterocycles. The van der Waals surface area contributed by atoms with E-state index in [-0.39, 0.29) is 0 Å². The summed E-state index contributed by atoms with van der Waals surface area (Å²) in [7, 11) is 3.45. The van der Waals surface area contributed by atoms with Gasteiger partial charge < -0.3 is 0 Å². The fraction of sp³-hybridized carbons (Fsp3) is 0. The molecular formula is C4H8P2. The number of hydrogen-bond donors (Lipinski definition) is 0. The Labute approximate surface area is 42.6 Å². The van der Waals surface area contributed by atoms with Gasteiger partial charge in [0.05, 0.1) is 0 Å². The summed E-state index contributed by atoms with van der Waals surface area (Å²) in [6.45, 7) is 3.51. The molecule has 0 aromatic carbocycles. The fourth-order valence-electron chi connectivity index (χ4n) is 0.124. The first-order valence-corrected chi connectivity index (χ1v) is 4.54. The monoisotopic (exact) mass is 118 g/mol. The average Bonchev–Trinajstić information content (AvgIpc) is 1.61. The maximum absolute atomic E-state index is 3.51. The molecule has 0 bridgehead atoms. The summed E-state index contributed by atoms with van der Waals surface area (Å²) in [5.41, 5.74) is 0. The molecule has 34 valence electrons. The van der Waals surface area contributed by atoms with Gasteiger partial charge in [0, 0.05) is 0 Å². The largest absolute Gasteiger partial charge is 0.110 e. The Morgan fingerprint density at radius 3 is 2.50 bits per heavy atom. The molecule has 0 spiro atoms. The van der Waals surface area contributed by atoms with E-state index in [2.05, 4.69) is 21.3 Å². The summed E-state index contributed by atoms with van der Waals surface area (Å²) in [4.78, 5) is 0. The molecule has 0 aliphatic rings. The van der Waals surface area contributed by atoms with Crippen molar-refractivity contribution in [3.63, 3.8) is 0 Å². The van der Waals surface area contributed by atoms with Crippen LogP contribution in [-0.2, 0) is 0 Å². The quantitative estimate of drug-likeness (QED) is 0.385. The smallest absolute Gasteiger partial charge is 0.0594 e. The molecule has 0 amide bonds. The van der Waals surface area contributed by atoms with Crippen molar-refractivity contribution in [2.75, 3.05) is 0 Å². The topological polar surface area (TPSA) is 0 Å². The van der Waals surface area contributed by atoms with Gasteiger partial charge in [0.1, 0.15) is 0 Å². The Hall–Kier alpha value is 0.340. The van der Waals surface area contributed by atoms with E-state index in [0.717, 1.165) is 8.27 Å². The first-order valence-electron chi connectivity index (χ1n) is 1.65. The Kier molecular flexibility index (Phi) is 5.64. The van der Waals surface area contributed by atoms with Crippen LogP contribution in [0.2, 0.25) is 0 Å². The predicted molar refractivity (Wildman–Crippen MR) is 37.4 cm³/mol. The van der Waals surface area contributed by atoms with E-state index in [0.29, 0.717) is 0 Å². The van der Waals surface area contributed by atoms with Crippen molar-refractivity contribution >= 4 is 17.2 Å². The molecule has 0 fully saturated rings. The molecule has 2 unspecified atom stereocenters. The van der Waals surface area contributed by atoms with Gasteiger partial charge in [-0.3, -0.25) is 0 Å². The van der Waals surface area contributed by atoms with E-state index in [1.54, 1.807) is 6.08 Å². The van der Waals surface area contributed by atoms with E-state index < -0.39 is 0 Å². The minimum Gasteiger partial charge on any atom is -0.110 e. The van der Waals surface area contributed by atoms with Crippen molar-refractivity contribution in [1.82, 2.24) is 0 Å². The van der Waals surface area contributed by atoms with Gasteiger partial charge in [-0.25, -0.2) is 0 Å². The minimum atomic E-state index is 0.829. The third-order valence-corrected chi connectivity index (χ3v) is 1.29. The van der Waals surface area contributed by atoms with Crippen LogP contribution in [0.5, 0.6) is 0 Å². The van der Waals surface area contributed by atoms with Crippen molar-refractivity contribution in [1.29, 1.82) is 0 Å². The van der Waals surface area contributed by atoms with Crippen LogP contribution in [0.15, 0.2) is 24.5 Å². The minimum absolute atomic E-state index is 0.829. The van der Waals surface area contributed by atoms with Crippen molar-refractivity contribution in [2.24, 2.45) is 0 Å². The lowest BCUT2D eigenvalue weighted by atomic mass is 10.6. The highest BCUT2D eigenvalue weighted by Gasteiger charge is 1.54. The van der Waals surface area contributed by atoms with Crippen LogP contribution in [0.3, 0.4) is 0 Å². The standard InChI is InChI=1S/C4H8P2/c1-2-3-4-6-5/h2-4,6H,1,5H2. The summed E-state index contributed by atoms with van der Waals surface area (Å²) in [5.74, 6) is 2.05. The second-order valence-corrected chi connectivity index (χ2v) is 2.43. The maximum Gasteiger partial charge on any atom is -0.0594 e. The van der Waals surface area contributed by atoms with Gasteiger partial charge in [-0.15, -0.1) is 8.93 Å². The third kappa shape index (κ3) is 4.34. The molecule has 0 nitrogen and oxygen atoms in total. The van der Waals surface area contributed by atoms with Crippen LogP contribution in [0.4, 0.5) is 0 Å². The van der Waals surface area contributed by atoms with Crippen LogP contribution in [0.25, 0.3) is 0 Å². The zero-order valence-corrected chi connectivity index (χ0v) is 5.67. The lowest BCUT2D eigenvalue weighted by molar-refractivity contribution is 2.12. The lowest BCUT2D eigenvalue weighted by Gasteiger charge is -1.68. The molecule has 0 aromatic rings. The molecule has 0 aromatic heterocycles. The molecule has 0 rings (SSSR count). The number of rotatable bonds is 2. The first kappa shape index (κ1) is 6.34. The van der Waals surface area contributed by atoms with Gasteiger partial charge in [-0.1, -0.05) is 32.8 Å². The SMILES string of the molecule is C=CC=CPP. The average molecular weight is 118 g/mol. The number of allylic oxidation sites excluding steroid dienone is 2. The molecular weight excluding hydrogens is 110 g/mol. The normalized spacial score (nSPS) is 11.5. The van der Waals surface area contributed by atoms with Crippen molar-refractivity contribution in [3.05, 3.63) is 24.5 Å². The fourth-order valence-corrected chi connectivity index (χ4v) is 0.704. The lowest BCUT2D eigenvalue weighted by Crippen LogP contribution is -1.31. The molecule has 0 radical (unpaired) electrons. The molecule has 2 atom stereocenters. The van der Waals surface area contributed by atoms with Crippen LogP contribution >= 0.6 is 17.2 Å². The molecule has 0 saturated carbocycles. The summed E-state index contributed by atoms with van der Waals surface area (Å²) < 4.78 is 0. The van der Waals surface area contributed by atoms with E-state index in [1.165, 1.54) is 0 Å². The van der Waals surface area contributed by atoms with Crippen LogP contribution in [0, 0.1) is 0 Å². The molecule has 6 heavy (non-hydrogen) atoms. The summed E-state index contributed by atoms with van der Waals surface area (Å²) in [6, 6.07) is 0. The molecule has 2 heteroatoms. The summed E-state index contributed by atoms with van der Waals surface area (Å²) in [5, 5.41) is 0. The van der Waals surface area contributed by atoms with Gasteiger partial charge in [0.25, 0.3) is 0 Å². The number of hydrogen-bond acceptors (Lipinski definition) is 0. The van der Waals surface area contributed by atoms with Gasteiger partial charge >= 0.3 is 0 Å². The van der Waals surface area contributed by atoms with E-state index in [9.17, 15) is 0 Å². The Morgan fingerprint density at radius 2 is 2.33 bits per heavy atom. The van der Waals surface area contributed by atoms with E-state index in [1.807, 2.05) is 6.08 Å².